The van der Waals surface area contributed by atoms with Gasteiger partial charge in [0.2, 0.25) is 0 Å². The average Bonchev–Trinajstić information content (AvgIpc) is 2.87. The van der Waals surface area contributed by atoms with Gasteiger partial charge in [0.1, 0.15) is 0 Å². The van der Waals surface area contributed by atoms with E-state index in [1.165, 1.54) is 160 Å². The van der Waals surface area contributed by atoms with Crippen LogP contribution in [0.3, 0.4) is 0 Å². The van der Waals surface area contributed by atoms with Crippen molar-refractivity contribution in [3.05, 3.63) is 41.3 Å². The standard InChI is InChI=1S/C35H63/c1-5-9-12-15-18-21-24-27-33-30-32(8-4)31-34(28-25-22-19-16-13-10-6-2)35(33)29-26-23-20-17-14-11-7-3/h30-31H,4-29H2,1-3H3. The van der Waals surface area contributed by atoms with Gasteiger partial charge in [0.05, 0.1) is 0 Å². The Bertz CT molecular complexity index is 545. The van der Waals surface area contributed by atoms with Gasteiger partial charge >= 0.3 is 0 Å². The highest BCUT2D eigenvalue weighted by Gasteiger charge is 2.11. The Morgan fingerprint density at radius 1 is 0.429 bits per heavy atom. The van der Waals surface area contributed by atoms with Crippen LogP contribution >= 0.6 is 0 Å². The van der Waals surface area contributed by atoms with Crippen LogP contribution < -0.4 is 0 Å². The fraction of sp³-hybridized carbons (Fsp3) is 0.800. The summed E-state index contributed by atoms with van der Waals surface area (Å²) in [5, 5.41) is 0. The van der Waals surface area contributed by atoms with Crippen molar-refractivity contribution in [1.82, 2.24) is 0 Å². The third-order valence-electron chi connectivity index (χ3n) is 7.91. The van der Waals surface area contributed by atoms with E-state index in [0.717, 1.165) is 6.42 Å². The lowest BCUT2D eigenvalue weighted by Gasteiger charge is -2.18. The van der Waals surface area contributed by atoms with Crippen molar-refractivity contribution in [2.24, 2.45) is 0 Å². The molecular weight excluding hydrogens is 420 g/mol. The number of benzene rings is 1. The summed E-state index contributed by atoms with van der Waals surface area (Å²) in [7, 11) is 0. The second-order valence-corrected chi connectivity index (χ2v) is 11.3. The number of hydrogen-bond acceptors (Lipinski definition) is 0. The maximum absolute atomic E-state index is 4.26. The number of unbranched alkanes of at least 4 members (excludes halogenated alkanes) is 18. The Kier molecular flexibility index (Phi) is 21.8. The van der Waals surface area contributed by atoms with Gasteiger partial charge in [0.25, 0.3) is 0 Å². The first-order chi connectivity index (χ1) is 17.3. The Labute approximate surface area is 222 Å². The second kappa shape index (κ2) is 23.6. The highest BCUT2D eigenvalue weighted by Crippen LogP contribution is 2.26. The minimum atomic E-state index is 0.936. The molecule has 0 fully saturated rings. The first kappa shape index (κ1) is 32.2. The van der Waals surface area contributed by atoms with Crippen LogP contribution in [0.15, 0.2) is 12.1 Å². The predicted molar refractivity (Wildman–Crippen MR) is 161 cm³/mol. The molecule has 0 aliphatic rings. The molecule has 35 heavy (non-hydrogen) atoms. The van der Waals surface area contributed by atoms with Gasteiger partial charge in [0, 0.05) is 0 Å². The molecule has 0 amide bonds. The number of rotatable bonds is 25. The molecule has 1 radical (unpaired) electrons. The Hall–Kier alpha value is -0.780. The molecule has 0 saturated carbocycles. The van der Waals surface area contributed by atoms with E-state index >= 15 is 0 Å². The fourth-order valence-corrected chi connectivity index (χ4v) is 5.59. The molecule has 1 aromatic rings. The van der Waals surface area contributed by atoms with Crippen molar-refractivity contribution in [1.29, 1.82) is 0 Å². The van der Waals surface area contributed by atoms with E-state index in [0.29, 0.717) is 0 Å². The second-order valence-electron chi connectivity index (χ2n) is 11.3. The summed E-state index contributed by atoms with van der Waals surface area (Å²) >= 11 is 0. The largest absolute Gasteiger partial charge is 0.0654 e. The molecule has 0 aliphatic heterocycles. The first-order valence-corrected chi connectivity index (χ1v) is 16.2. The highest BCUT2D eigenvalue weighted by atomic mass is 14.2. The molecule has 0 bridgehead atoms. The molecule has 0 heterocycles. The lowest BCUT2D eigenvalue weighted by molar-refractivity contribution is 0.578. The minimum absolute atomic E-state index is 0.936. The number of hydrogen-bond donors (Lipinski definition) is 0. The van der Waals surface area contributed by atoms with Crippen molar-refractivity contribution < 1.29 is 0 Å². The van der Waals surface area contributed by atoms with E-state index in [4.69, 9.17) is 0 Å². The maximum Gasteiger partial charge on any atom is -0.0273 e. The molecule has 0 unspecified atom stereocenters. The van der Waals surface area contributed by atoms with Gasteiger partial charge in [-0.1, -0.05) is 148 Å². The summed E-state index contributed by atoms with van der Waals surface area (Å²) in [6.07, 6.45) is 34.3. The zero-order chi connectivity index (χ0) is 25.4. The van der Waals surface area contributed by atoms with Gasteiger partial charge < -0.3 is 0 Å². The molecule has 0 aliphatic carbocycles. The van der Waals surface area contributed by atoms with Gasteiger partial charge in [-0.25, -0.2) is 0 Å². The molecule has 1 rings (SSSR count). The van der Waals surface area contributed by atoms with Crippen LogP contribution in [-0.4, -0.2) is 0 Å². The van der Waals surface area contributed by atoms with Gasteiger partial charge in [-0.2, -0.15) is 0 Å². The van der Waals surface area contributed by atoms with Gasteiger partial charge in [0.15, 0.2) is 0 Å². The van der Waals surface area contributed by atoms with E-state index in [2.05, 4.69) is 39.8 Å². The van der Waals surface area contributed by atoms with E-state index < -0.39 is 0 Å². The lowest BCUT2D eigenvalue weighted by atomic mass is 9.87. The molecule has 1 aromatic carbocycles. The topological polar surface area (TPSA) is 0 Å². The van der Waals surface area contributed by atoms with Crippen LogP contribution in [0, 0.1) is 6.92 Å². The van der Waals surface area contributed by atoms with Crippen LogP contribution in [-0.2, 0) is 25.7 Å². The summed E-state index contributed by atoms with van der Waals surface area (Å²) in [5.41, 5.74) is 6.59. The summed E-state index contributed by atoms with van der Waals surface area (Å²) < 4.78 is 0. The van der Waals surface area contributed by atoms with Crippen molar-refractivity contribution >= 4 is 0 Å². The minimum Gasteiger partial charge on any atom is -0.0654 e. The average molecular weight is 484 g/mol. The fourth-order valence-electron chi connectivity index (χ4n) is 5.59. The summed E-state index contributed by atoms with van der Waals surface area (Å²) in [6, 6.07) is 5.07. The molecule has 0 spiro atoms. The van der Waals surface area contributed by atoms with Gasteiger partial charge in [-0.3, -0.25) is 0 Å². The summed E-state index contributed by atoms with van der Waals surface area (Å²) in [5.74, 6) is 0. The number of aryl methyl sites for hydroxylation is 2. The predicted octanol–water partition coefficient (Wildman–Crippen LogP) is 11.9. The molecule has 0 nitrogen and oxygen atoms in total. The van der Waals surface area contributed by atoms with E-state index in [1.807, 2.05) is 0 Å². The molecule has 0 atom stereocenters. The molecule has 0 heteroatoms. The van der Waals surface area contributed by atoms with Crippen LogP contribution in [0.25, 0.3) is 0 Å². The Morgan fingerprint density at radius 2 is 0.743 bits per heavy atom. The zero-order valence-corrected chi connectivity index (χ0v) is 24.5. The quantitative estimate of drug-likeness (QED) is 0.121. The van der Waals surface area contributed by atoms with Crippen LogP contribution in [0.5, 0.6) is 0 Å². The molecule has 0 N–H and O–H groups in total. The SMILES string of the molecule is [CH2]Cc1cc(CCCCCCCCC)c(CCCCCCCCC)c(CCCCCCCCC)c1. The van der Waals surface area contributed by atoms with Gasteiger partial charge in [-0.05, 0) is 74.1 Å². The zero-order valence-electron chi connectivity index (χ0n) is 24.5. The molecular formula is C35H63. The highest BCUT2D eigenvalue weighted by molar-refractivity contribution is 5.40. The summed E-state index contributed by atoms with van der Waals surface area (Å²) in [6.45, 7) is 11.2. The van der Waals surface area contributed by atoms with Crippen molar-refractivity contribution in [3.8, 4) is 0 Å². The van der Waals surface area contributed by atoms with E-state index in [1.54, 1.807) is 16.7 Å². The third kappa shape index (κ3) is 16.6. The van der Waals surface area contributed by atoms with Crippen LogP contribution in [0.4, 0.5) is 0 Å². The first-order valence-electron chi connectivity index (χ1n) is 16.2. The van der Waals surface area contributed by atoms with E-state index in [9.17, 15) is 0 Å². The van der Waals surface area contributed by atoms with Crippen LogP contribution in [0.2, 0.25) is 0 Å². The smallest absolute Gasteiger partial charge is 0.0273 e. The molecule has 203 valence electrons. The summed E-state index contributed by atoms with van der Waals surface area (Å²) in [4.78, 5) is 0. The van der Waals surface area contributed by atoms with Gasteiger partial charge in [-0.15, -0.1) is 0 Å². The Balaban J connectivity index is 2.69. The monoisotopic (exact) mass is 483 g/mol. The molecule has 0 saturated heterocycles. The van der Waals surface area contributed by atoms with E-state index in [-0.39, 0.29) is 0 Å². The van der Waals surface area contributed by atoms with Crippen molar-refractivity contribution in [3.63, 3.8) is 0 Å². The van der Waals surface area contributed by atoms with Crippen molar-refractivity contribution in [2.45, 2.75) is 181 Å². The normalized spacial score (nSPS) is 11.4. The lowest BCUT2D eigenvalue weighted by Crippen LogP contribution is -2.04. The molecule has 0 aromatic heterocycles. The van der Waals surface area contributed by atoms with Crippen LogP contribution in [0.1, 0.15) is 178 Å². The third-order valence-corrected chi connectivity index (χ3v) is 7.91. The van der Waals surface area contributed by atoms with Crippen molar-refractivity contribution in [2.75, 3.05) is 0 Å². The maximum atomic E-state index is 4.26. The Morgan fingerprint density at radius 3 is 1.09 bits per heavy atom.